The Balaban J connectivity index is 2.04. The number of nitro groups is 1. The van der Waals surface area contributed by atoms with Gasteiger partial charge in [0, 0.05) is 23.8 Å². The fourth-order valence-corrected chi connectivity index (χ4v) is 2.05. The van der Waals surface area contributed by atoms with E-state index in [-0.39, 0.29) is 23.1 Å². The fraction of sp³-hybridized carbons (Fsp3) is 0. The first-order valence-corrected chi connectivity index (χ1v) is 6.72. The van der Waals surface area contributed by atoms with Gasteiger partial charge in [0.15, 0.2) is 11.9 Å². The summed E-state index contributed by atoms with van der Waals surface area (Å²) >= 11 is 0. The zero-order chi connectivity index (χ0) is 16.2. The number of hydrogen-bond acceptors (Lipinski definition) is 5. The smallest absolute Gasteiger partial charge is 0.386 e. The second-order valence-corrected chi connectivity index (χ2v) is 4.61. The molecular formula is C16H11N3O4. The third-order valence-electron chi connectivity index (χ3n) is 3.09. The van der Waals surface area contributed by atoms with E-state index in [4.69, 9.17) is 4.74 Å². The zero-order valence-corrected chi connectivity index (χ0v) is 11.8. The van der Waals surface area contributed by atoms with E-state index in [9.17, 15) is 15.3 Å². The Morgan fingerprint density at radius 3 is 2.43 bits per heavy atom. The van der Waals surface area contributed by atoms with Crippen LogP contribution in [0, 0.1) is 15.3 Å². The molecule has 0 spiro atoms. The Labute approximate surface area is 131 Å². The molecule has 0 saturated carbocycles. The van der Waals surface area contributed by atoms with Crippen molar-refractivity contribution in [2.45, 2.75) is 0 Å². The minimum absolute atomic E-state index is 0.0351. The normalized spacial score (nSPS) is 10.3. The van der Waals surface area contributed by atoms with E-state index in [0.29, 0.717) is 10.3 Å². The molecule has 1 aromatic carbocycles. The van der Waals surface area contributed by atoms with Crippen LogP contribution in [-0.2, 0) is 0 Å². The highest BCUT2D eigenvalue weighted by molar-refractivity contribution is 5.69. The summed E-state index contributed by atoms with van der Waals surface area (Å²) < 4.78 is 5.97. The number of benzene rings is 1. The van der Waals surface area contributed by atoms with Crippen molar-refractivity contribution in [1.29, 1.82) is 0 Å². The summed E-state index contributed by atoms with van der Waals surface area (Å²) in [5.41, 5.74) is 0.640. The minimum atomic E-state index is -0.505. The predicted molar refractivity (Wildman–Crippen MR) is 81.8 cm³/mol. The molecule has 0 amide bonds. The first-order chi connectivity index (χ1) is 11.1. The molecular weight excluding hydrogens is 298 g/mol. The maximum atomic E-state index is 11.6. The highest BCUT2D eigenvalue weighted by Gasteiger charge is 2.19. The van der Waals surface area contributed by atoms with Gasteiger partial charge in [0.2, 0.25) is 5.88 Å². The minimum Gasteiger partial charge on any atom is -0.616 e. The van der Waals surface area contributed by atoms with Crippen LogP contribution in [0.1, 0.15) is 0 Å². The Kier molecular flexibility index (Phi) is 3.84. The predicted octanol–water partition coefficient (Wildman–Crippen LogP) is 3.08. The number of ether oxygens (including phenoxy) is 1. The second kappa shape index (κ2) is 6.10. The number of aromatic nitrogens is 2. The lowest BCUT2D eigenvalue weighted by atomic mass is 10.1. The van der Waals surface area contributed by atoms with Crippen LogP contribution in [0.3, 0.4) is 0 Å². The lowest BCUT2D eigenvalue weighted by molar-refractivity contribution is -0.611. The van der Waals surface area contributed by atoms with Crippen LogP contribution in [0.4, 0.5) is 5.69 Å². The fourth-order valence-electron chi connectivity index (χ4n) is 2.05. The van der Waals surface area contributed by atoms with Gasteiger partial charge >= 0.3 is 5.88 Å². The van der Waals surface area contributed by atoms with Crippen LogP contribution in [0.2, 0.25) is 0 Å². The zero-order valence-electron chi connectivity index (χ0n) is 11.8. The molecule has 0 atom stereocenters. The first-order valence-electron chi connectivity index (χ1n) is 6.72. The van der Waals surface area contributed by atoms with Gasteiger partial charge in [-0.2, -0.15) is 0 Å². The van der Waals surface area contributed by atoms with Crippen LogP contribution in [0.5, 0.6) is 11.8 Å². The topological polar surface area (TPSA) is 92.2 Å². The lowest BCUT2D eigenvalue weighted by Crippen LogP contribution is -2.26. The van der Waals surface area contributed by atoms with Crippen molar-refractivity contribution in [3.8, 4) is 23.0 Å². The maximum absolute atomic E-state index is 11.6. The lowest BCUT2D eigenvalue weighted by Gasteiger charge is -2.07. The molecule has 3 rings (SSSR count). The van der Waals surface area contributed by atoms with Crippen LogP contribution in [-0.4, -0.2) is 9.91 Å². The van der Waals surface area contributed by atoms with Crippen molar-refractivity contribution in [3.05, 3.63) is 82.2 Å². The number of hydrogen-bond donors (Lipinski definition) is 0. The Morgan fingerprint density at radius 2 is 1.74 bits per heavy atom. The summed E-state index contributed by atoms with van der Waals surface area (Å²) in [6.45, 7) is 0. The van der Waals surface area contributed by atoms with Crippen LogP contribution < -0.4 is 9.47 Å². The van der Waals surface area contributed by atoms with Crippen LogP contribution >= 0.6 is 0 Å². The summed E-state index contributed by atoms with van der Waals surface area (Å²) in [5, 5.41) is 22.8. The summed E-state index contributed by atoms with van der Waals surface area (Å²) in [4.78, 5) is 14.9. The first kappa shape index (κ1) is 14.5. The Hall–Kier alpha value is -3.48. The summed E-state index contributed by atoms with van der Waals surface area (Å²) in [6.07, 6.45) is 1.29. The Bertz CT molecular complexity index is 853. The van der Waals surface area contributed by atoms with Crippen LogP contribution in [0.25, 0.3) is 11.3 Å². The molecule has 3 aromatic rings. The van der Waals surface area contributed by atoms with Gasteiger partial charge in [-0.05, 0) is 6.07 Å². The van der Waals surface area contributed by atoms with Gasteiger partial charge in [0.25, 0.3) is 5.69 Å². The second-order valence-electron chi connectivity index (χ2n) is 4.61. The molecule has 0 N–H and O–H groups in total. The van der Waals surface area contributed by atoms with Crippen molar-refractivity contribution in [2.24, 2.45) is 0 Å². The molecule has 23 heavy (non-hydrogen) atoms. The van der Waals surface area contributed by atoms with E-state index in [1.807, 2.05) is 0 Å². The van der Waals surface area contributed by atoms with E-state index in [2.05, 4.69) is 4.98 Å². The highest BCUT2D eigenvalue weighted by atomic mass is 16.6. The molecule has 0 bridgehead atoms. The molecule has 114 valence electrons. The van der Waals surface area contributed by atoms with Gasteiger partial charge < -0.3 is 9.94 Å². The standard InChI is InChI=1S/C16H11N3O4/c20-18-11-5-4-8-15(18)23-14-10-9-13(19(21)22)16(17-14)12-6-2-1-3-7-12/h1-11H. The number of pyridine rings is 2. The molecule has 7 nitrogen and oxygen atoms in total. The summed E-state index contributed by atoms with van der Waals surface area (Å²) in [7, 11) is 0. The van der Waals surface area contributed by atoms with Crippen molar-refractivity contribution in [2.75, 3.05) is 0 Å². The largest absolute Gasteiger partial charge is 0.616 e. The molecule has 0 radical (unpaired) electrons. The van der Waals surface area contributed by atoms with E-state index < -0.39 is 4.92 Å². The molecule has 0 aliphatic heterocycles. The quantitative estimate of drug-likeness (QED) is 0.319. The third kappa shape index (κ3) is 3.08. The molecule has 0 fully saturated rings. The molecule has 0 saturated heterocycles. The van der Waals surface area contributed by atoms with Crippen molar-refractivity contribution < 1.29 is 14.4 Å². The number of nitrogens with zero attached hydrogens (tertiary/aromatic N) is 3. The molecule has 0 unspecified atom stereocenters. The SMILES string of the molecule is O=[N+]([O-])c1ccc(Oc2cccc[n+]2[O-])nc1-c1ccccc1. The van der Waals surface area contributed by atoms with Gasteiger partial charge in [-0.3, -0.25) is 10.1 Å². The highest BCUT2D eigenvalue weighted by Crippen LogP contribution is 2.30. The molecule has 7 heteroatoms. The van der Waals surface area contributed by atoms with Crippen molar-refractivity contribution >= 4 is 5.69 Å². The molecule has 2 aromatic heterocycles. The van der Waals surface area contributed by atoms with E-state index in [1.165, 1.54) is 24.4 Å². The number of rotatable bonds is 4. The molecule has 0 aliphatic carbocycles. The maximum Gasteiger partial charge on any atom is 0.386 e. The summed E-state index contributed by atoms with van der Waals surface area (Å²) in [6, 6.07) is 16.1. The molecule has 0 aliphatic rings. The van der Waals surface area contributed by atoms with Gasteiger partial charge in [-0.25, -0.2) is 4.98 Å². The third-order valence-corrected chi connectivity index (χ3v) is 3.09. The van der Waals surface area contributed by atoms with E-state index in [1.54, 1.807) is 42.5 Å². The van der Waals surface area contributed by atoms with Gasteiger partial charge in [0.05, 0.1) is 11.0 Å². The van der Waals surface area contributed by atoms with Crippen molar-refractivity contribution in [3.63, 3.8) is 0 Å². The van der Waals surface area contributed by atoms with E-state index in [0.717, 1.165) is 0 Å². The average molecular weight is 309 g/mol. The van der Waals surface area contributed by atoms with Gasteiger partial charge in [0.1, 0.15) is 0 Å². The van der Waals surface area contributed by atoms with Crippen molar-refractivity contribution in [1.82, 2.24) is 4.98 Å². The molecule has 2 heterocycles. The monoisotopic (exact) mass is 309 g/mol. The van der Waals surface area contributed by atoms with Gasteiger partial charge in [-0.1, -0.05) is 30.3 Å². The average Bonchev–Trinajstić information content (AvgIpc) is 2.57. The Morgan fingerprint density at radius 1 is 1.00 bits per heavy atom. The van der Waals surface area contributed by atoms with Gasteiger partial charge in [-0.15, -0.1) is 4.73 Å². The van der Waals surface area contributed by atoms with Crippen LogP contribution in [0.15, 0.2) is 66.9 Å². The summed E-state index contributed by atoms with van der Waals surface area (Å²) in [5.74, 6) is 0.137. The van der Waals surface area contributed by atoms with E-state index >= 15 is 0 Å².